The molecule has 0 aliphatic carbocycles. The molecule has 2 unspecified atom stereocenters. The third-order valence-corrected chi connectivity index (χ3v) is 3.45. The lowest BCUT2D eigenvalue weighted by atomic mass is 9.96. The van der Waals surface area contributed by atoms with E-state index in [1.165, 1.54) is 0 Å². The highest BCUT2D eigenvalue weighted by Crippen LogP contribution is 2.31. The van der Waals surface area contributed by atoms with Gasteiger partial charge < -0.3 is 14.6 Å². The summed E-state index contributed by atoms with van der Waals surface area (Å²) in [6.45, 7) is 1.56. The van der Waals surface area contributed by atoms with Gasteiger partial charge in [0.25, 0.3) is 0 Å². The van der Waals surface area contributed by atoms with Crippen molar-refractivity contribution >= 4 is 11.6 Å². The number of hydrogen-bond donors (Lipinski definition) is 1. The van der Waals surface area contributed by atoms with E-state index in [-0.39, 0.29) is 0 Å². The quantitative estimate of drug-likeness (QED) is 0.900. The Kier molecular flexibility index (Phi) is 4.26. The lowest BCUT2D eigenvalue weighted by Gasteiger charge is -2.15. The molecule has 0 radical (unpaired) electrons. The number of hydrogen-bond acceptors (Lipinski definition) is 3. The van der Waals surface area contributed by atoms with Crippen molar-refractivity contribution < 1.29 is 14.6 Å². The standard InChI is InChI=1S/C13H17ClO3/c1-16-13-7-10(2-3-11(13)14)12(15)6-9-4-5-17-8-9/h2-3,7,9,12,15H,4-6,8H2,1H3. The third-order valence-electron chi connectivity index (χ3n) is 3.14. The van der Waals surface area contributed by atoms with E-state index in [0.29, 0.717) is 16.7 Å². The van der Waals surface area contributed by atoms with Gasteiger partial charge in [-0.2, -0.15) is 0 Å². The molecule has 1 heterocycles. The number of benzene rings is 1. The smallest absolute Gasteiger partial charge is 0.137 e. The molecule has 1 aliphatic heterocycles. The molecule has 0 amide bonds. The Morgan fingerprint density at radius 3 is 3.06 bits per heavy atom. The van der Waals surface area contributed by atoms with Crippen molar-refractivity contribution in [3.05, 3.63) is 28.8 Å². The zero-order valence-electron chi connectivity index (χ0n) is 9.86. The Hall–Kier alpha value is -0.770. The first-order chi connectivity index (χ1) is 8.20. The van der Waals surface area contributed by atoms with Crippen LogP contribution in [-0.4, -0.2) is 25.4 Å². The molecule has 0 saturated carbocycles. The molecule has 1 saturated heterocycles. The molecular weight excluding hydrogens is 240 g/mol. The summed E-state index contributed by atoms with van der Waals surface area (Å²) in [5.41, 5.74) is 0.846. The topological polar surface area (TPSA) is 38.7 Å². The summed E-state index contributed by atoms with van der Waals surface area (Å²) < 4.78 is 10.4. The molecule has 17 heavy (non-hydrogen) atoms. The van der Waals surface area contributed by atoms with Gasteiger partial charge in [0.2, 0.25) is 0 Å². The Balaban J connectivity index is 2.04. The van der Waals surface area contributed by atoms with Gasteiger partial charge in [0.15, 0.2) is 0 Å². The lowest BCUT2D eigenvalue weighted by Crippen LogP contribution is -2.07. The van der Waals surface area contributed by atoms with E-state index in [9.17, 15) is 5.11 Å². The van der Waals surface area contributed by atoms with Crippen LogP contribution in [0.25, 0.3) is 0 Å². The molecule has 1 aliphatic rings. The minimum atomic E-state index is -0.479. The van der Waals surface area contributed by atoms with Crippen molar-refractivity contribution in [3.63, 3.8) is 0 Å². The summed E-state index contributed by atoms with van der Waals surface area (Å²) in [5, 5.41) is 10.7. The van der Waals surface area contributed by atoms with Gasteiger partial charge in [-0.1, -0.05) is 17.7 Å². The second-order valence-corrected chi connectivity index (χ2v) is 4.78. The first kappa shape index (κ1) is 12.7. The van der Waals surface area contributed by atoms with E-state index in [0.717, 1.165) is 31.6 Å². The van der Waals surface area contributed by atoms with Crippen LogP contribution in [0.15, 0.2) is 18.2 Å². The van der Waals surface area contributed by atoms with E-state index in [1.54, 1.807) is 19.2 Å². The molecule has 0 bridgehead atoms. The summed E-state index contributed by atoms with van der Waals surface area (Å²) >= 11 is 5.94. The van der Waals surface area contributed by atoms with Crippen LogP contribution in [0.5, 0.6) is 5.75 Å². The first-order valence-electron chi connectivity index (χ1n) is 5.80. The van der Waals surface area contributed by atoms with E-state index in [2.05, 4.69) is 0 Å². The highest BCUT2D eigenvalue weighted by atomic mass is 35.5. The van der Waals surface area contributed by atoms with Crippen molar-refractivity contribution in [2.45, 2.75) is 18.9 Å². The zero-order chi connectivity index (χ0) is 12.3. The van der Waals surface area contributed by atoms with E-state index in [1.807, 2.05) is 6.07 Å². The van der Waals surface area contributed by atoms with Crippen LogP contribution in [-0.2, 0) is 4.74 Å². The van der Waals surface area contributed by atoms with Gasteiger partial charge in [-0.3, -0.25) is 0 Å². The zero-order valence-corrected chi connectivity index (χ0v) is 10.6. The second-order valence-electron chi connectivity index (χ2n) is 4.38. The van der Waals surface area contributed by atoms with Gasteiger partial charge in [0.1, 0.15) is 5.75 Å². The SMILES string of the molecule is COc1cc(C(O)CC2CCOC2)ccc1Cl. The molecule has 1 fully saturated rings. The van der Waals surface area contributed by atoms with Crippen molar-refractivity contribution in [2.24, 2.45) is 5.92 Å². The fraction of sp³-hybridized carbons (Fsp3) is 0.538. The fourth-order valence-electron chi connectivity index (χ4n) is 2.10. The molecule has 4 heteroatoms. The second kappa shape index (κ2) is 5.71. The van der Waals surface area contributed by atoms with Crippen molar-refractivity contribution in [1.29, 1.82) is 0 Å². The molecular formula is C13H17ClO3. The minimum Gasteiger partial charge on any atom is -0.495 e. The Labute approximate surface area is 106 Å². The predicted molar refractivity (Wildman–Crippen MR) is 66.5 cm³/mol. The van der Waals surface area contributed by atoms with Crippen LogP contribution >= 0.6 is 11.6 Å². The minimum absolute atomic E-state index is 0.451. The number of ether oxygens (including phenoxy) is 2. The maximum Gasteiger partial charge on any atom is 0.137 e. The number of halogens is 1. The molecule has 0 spiro atoms. The van der Waals surface area contributed by atoms with Crippen LogP contribution in [0.3, 0.4) is 0 Å². The highest BCUT2D eigenvalue weighted by Gasteiger charge is 2.20. The summed E-state index contributed by atoms with van der Waals surface area (Å²) in [4.78, 5) is 0. The van der Waals surface area contributed by atoms with Crippen LogP contribution in [0, 0.1) is 5.92 Å². The van der Waals surface area contributed by atoms with Crippen LogP contribution in [0.2, 0.25) is 5.02 Å². The molecule has 2 rings (SSSR count). The Bertz CT molecular complexity index is 375. The van der Waals surface area contributed by atoms with Crippen LogP contribution in [0.1, 0.15) is 24.5 Å². The molecule has 1 N–H and O–H groups in total. The van der Waals surface area contributed by atoms with Crippen molar-refractivity contribution in [2.75, 3.05) is 20.3 Å². The molecule has 0 aromatic heterocycles. The molecule has 1 aromatic carbocycles. The Morgan fingerprint density at radius 2 is 2.41 bits per heavy atom. The normalized spacial score (nSPS) is 21.5. The average Bonchev–Trinajstić information content (AvgIpc) is 2.82. The third kappa shape index (κ3) is 3.12. The molecule has 1 aromatic rings. The number of aliphatic hydroxyl groups excluding tert-OH is 1. The van der Waals surface area contributed by atoms with E-state index in [4.69, 9.17) is 21.1 Å². The lowest BCUT2D eigenvalue weighted by molar-refractivity contribution is 0.129. The molecule has 2 atom stereocenters. The van der Waals surface area contributed by atoms with Crippen molar-refractivity contribution in [1.82, 2.24) is 0 Å². The van der Waals surface area contributed by atoms with Crippen molar-refractivity contribution in [3.8, 4) is 5.75 Å². The van der Waals surface area contributed by atoms with Gasteiger partial charge >= 0.3 is 0 Å². The van der Waals surface area contributed by atoms with Gasteiger partial charge in [-0.05, 0) is 36.5 Å². The highest BCUT2D eigenvalue weighted by molar-refractivity contribution is 6.32. The van der Waals surface area contributed by atoms with Gasteiger partial charge in [0.05, 0.1) is 18.2 Å². The molecule has 3 nitrogen and oxygen atoms in total. The number of aliphatic hydroxyl groups is 1. The van der Waals surface area contributed by atoms with Gasteiger partial charge in [-0.25, -0.2) is 0 Å². The average molecular weight is 257 g/mol. The van der Waals surface area contributed by atoms with Crippen LogP contribution < -0.4 is 4.74 Å². The Morgan fingerprint density at radius 1 is 1.59 bits per heavy atom. The first-order valence-corrected chi connectivity index (χ1v) is 6.17. The van der Waals surface area contributed by atoms with E-state index < -0.39 is 6.10 Å². The van der Waals surface area contributed by atoms with E-state index >= 15 is 0 Å². The van der Waals surface area contributed by atoms with Crippen LogP contribution in [0.4, 0.5) is 0 Å². The van der Waals surface area contributed by atoms with Gasteiger partial charge in [0, 0.05) is 13.2 Å². The summed E-state index contributed by atoms with van der Waals surface area (Å²) in [5.74, 6) is 1.05. The molecule has 94 valence electrons. The number of methoxy groups -OCH3 is 1. The maximum absolute atomic E-state index is 10.1. The summed E-state index contributed by atoms with van der Waals surface area (Å²) in [7, 11) is 1.57. The van der Waals surface area contributed by atoms with Gasteiger partial charge in [-0.15, -0.1) is 0 Å². The predicted octanol–water partition coefficient (Wildman–Crippen LogP) is 2.81. The largest absolute Gasteiger partial charge is 0.495 e. The number of rotatable bonds is 4. The fourth-order valence-corrected chi connectivity index (χ4v) is 2.30. The summed E-state index contributed by atoms with van der Waals surface area (Å²) in [6, 6.07) is 5.39. The maximum atomic E-state index is 10.1. The summed E-state index contributed by atoms with van der Waals surface area (Å²) in [6.07, 6.45) is 1.28. The monoisotopic (exact) mass is 256 g/mol.